The zero-order chi connectivity index (χ0) is 15.4. The lowest BCUT2D eigenvalue weighted by Crippen LogP contribution is -2.31. The Labute approximate surface area is 138 Å². The third-order valence-electron chi connectivity index (χ3n) is 3.57. The van der Waals surface area contributed by atoms with Crippen molar-refractivity contribution in [1.29, 1.82) is 0 Å². The molecule has 1 aliphatic rings. The van der Waals surface area contributed by atoms with Crippen LogP contribution in [0.15, 0.2) is 24.4 Å². The van der Waals surface area contributed by atoms with Crippen molar-refractivity contribution in [2.45, 2.75) is 25.8 Å². The predicted molar refractivity (Wildman–Crippen MR) is 88.6 cm³/mol. The van der Waals surface area contributed by atoms with Crippen LogP contribution in [-0.4, -0.2) is 29.0 Å². The Balaban J connectivity index is 1.61. The Morgan fingerprint density at radius 3 is 2.82 bits per heavy atom. The topological polar surface area (TPSA) is 58.1 Å². The summed E-state index contributed by atoms with van der Waals surface area (Å²) in [7, 11) is 0. The van der Waals surface area contributed by atoms with Gasteiger partial charge in [0.2, 0.25) is 5.95 Å². The van der Waals surface area contributed by atoms with Gasteiger partial charge in [-0.25, -0.2) is 9.97 Å². The third-order valence-corrected chi connectivity index (χ3v) is 4.80. The van der Waals surface area contributed by atoms with Crippen LogP contribution < -0.4 is 10.2 Å². The van der Waals surface area contributed by atoms with Gasteiger partial charge in [0.25, 0.3) is 5.91 Å². The molecule has 1 N–H and O–H groups in total. The number of rotatable bonds is 4. The van der Waals surface area contributed by atoms with E-state index in [-0.39, 0.29) is 5.91 Å². The van der Waals surface area contributed by atoms with Crippen molar-refractivity contribution in [1.82, 2.24) is 15.3 Å². The van der Waals surface area contributed by atoms with E-state index in [2.05, 4.69) is 20.2 Å². The summed E-state index contributed by atoms with van der Waals surface area (Å²) in [5.41, 5.74) is 0.812. The van der Waals surface area contributed by atoms with Crippen molar-refractivity contribution in [3.8, 4) is 0 Å². The van der Waals surface area contributed by atoms with Crippen LogP contribution >= 0.6 is 22.9 Å². The van der Waals surface area contributed by atoms with Crippen LogP contribution in [0.1, 0.15) is 34.6 Å². The smallest absolute Gasteiger partial charge is 0.261 e. The van der Waals surface area contributed by atoms with Crippen molar-refractivity contribution in [2.24, 2.45) is 0 Å². The maximum absolute atomic E-state index is 12.0. The molecular formula is C15H17ClN4OS. The number of hydrogen-bond donors (Lipinski definition) is 1. The SMILES string of the molecule is O=C(NCc1ccnc(N2CCCCC2)n1)c1ccc(Cl)s1. The van der Waals surface area contributed by atoms with Gasteiger partial charge in [0.1, 0.15) is 0 Å². The second kappa shape index (κ2) is 7.07. The first-order chi connectivity index (χ1) is 10.7. The molecule has 116 valence electrons. The molecule has 0 bridgehead atoms. The minimum absolute atomic E-state index is 0.130. The molecule has 1 aliphatic heterocycles. The number of aromatic nitrogens is 2. The summed E-state index contributed by atoms with van der Waals surface area (Å²) in [6, 6.07) is 5.27. The van der Waals surface area contributed by atoms with E-state index < -0.39 is 0 Å². The maximum Gasteiger partial charge on any atom is 0.261 e. The largest absolute Gasteiger partial charge is 0.346 e. The van der Waals surface area contributed by atoms with Gasteiger partial charge in [-0.05, 0) is 37.5 Å². The number of carbonyl (C=O) groups excluding carboxylic acids is 1. The van der Waals surface area contributed by atoms with Gasteiger partial charge in [0.15, 0.2) is 0 Å². The Hall–Kier alpha value is -1.66. The summed E-state index contributed by atoms with van der Waals surface area (Å²) in [6.45, 7) is 2.39. The summed E-state index contributed by atoms with van der Waals surface area (Å²) in [6.07, 6.45) is 5.39. The average Bonchev–Trinajstić information content (AvgIpc) is 3.00. The standard InChI is InChI=1S/C15H17ClN4OS/c16-13-5-4-12(22-13)14(21)18-10-11-6-7-17-15(19-11)20-8-2-1-3-9-20/h4-7H,1-3,8-10H2,(H,18,21). The first kappa shape index (κ1) is 15.2. The Morgan fingerprint density at radius 2 is 2.09 bits per heavy atom. The zero-order valence-corrected chi connectivity index (χ0v) is 13.7. The van der Waals surface area contributed by atoms with Gasteiger partial charge in [0.05, 0.1) is 21.5 Å². The normalized spacial score (nSPS) is 14.9. The summed E-state index contributed by atoms with van der Waals surface area (Å²) in [4.78, 5) is 23.7. The summed E-state index contributed by atoms with van der Waals surface area (Å²) in [5, 5.41) is 2.86. The highest BCUT2D eigenvalue weighted by atomic mass is 35.5. The second-order valence-electron chi connectivity index (χ2n) is 5.18. The summed E-state index contributed by atoms with van der Waals surface area (Å²) < 4.78 is 0.611. The number of nitrogens with one attached hydrogen (secondary N) is 1. The van der Waals surface area contributed by atoms with Gasteiger partial charge in [-0.2, -0.15) is 0 Å². The van der Waals surface area contributed by atoms with E-state index in [1.54, 1.807) is 18.3 Å². The van der Waals surface area contributed by atoms with E-state index in [4.69, 9.17) is 11.6 Å². The lowest BCUT2D eigenvalue weighted by molar-refractivity contribution is 0.0954. The first-order valence-electron chi connectivity index (χ1n) is 7.33. The van der Waals surface area contributed by atoms with E-state index in [0.29, 0.717) is 15.8 Å². The highest BCUT2D eigenvalue weighted by molar-refractivity contribution is 7.17. The number of amides is 1. The second-order valence-corrected chi connectivity index (χ2v) is 6.90. The van der Waals surface area contributed by atoms with Crippen LogP contribution in [0.25, 0.3) is 0 Å². The molecule has 5 nitrogen and oxygen atoms in total. The lowest BCUT2D eigenvalue weighted by Gasteiger charge is -2.26. The number of anilines is 1. The van der Waals surface area contributed by atoms with E-state index >= 15 is 0 Å². The fourth-order valence-electron chi connectivity index (χ4n) is 2.42. The predicted octanol–water partition coefficient (Wildman–Crippen LogP) is 3.11. The van der Waals surface area contributed by atoms with Gasteiger partial charge >= 0.3 is 0 Å². The molecule has 1 amide bonds. The van der Waals surface area contributed by atoms with Gasteiger partial charge in [-0.3, -0.25) is 4.79 Å². The van der Waals surface area contributed by atoms with Crippen LogP contribution in [0.5, 0.6) is 0 Å². The molecule has 0 saturated carbocycles. The van der Waals surface area contributed by atoms with Crippen molar-refractivity contribution in [2.75, 3.05) is 18.0 Å². The van der Waals surface area contributed by atoms with Gasteiger partial charge in [0, 0.05) is 19.3 Å². The van der Waals surface area contributed by atoms with Crippen LogP contribution in [0.2, 0.25) is 4.34 Å². The molecule has 0 spiro atoms. The molecule has 22 heavy (non-hydrogen) atoms. The molecule has 3 rings (SSSR count). The van der Waals surface area contributed by atoms with Crippen LogP contribution in [-0.2, 0) is 6.54 Å². The molecule has 0 aliphatic carbocycles. The monoisotopic (exact) mass is 336 g/mol. The minimum Gasteiger partial charge on any atom is -0.346 e. The zero-order valence-electron chi connectivity index (χ0n) is 12.1. The van der Waals surface area contributed by atoms with E-state index in [0.717, 1.165) is 24.7 Å². The number of nitrogens with zero attached hydrogens (tertiary/aromatic N) is 3. The minimum atomic E-state index is -0.130. The van der Waals surface area contributed by atoms with Crippen molar-refractivity contribution in [3.63, 3.8) is 0 Å². The number of hydrogen-bond acceptors (Lipinski definition) is 5. The summed E-state index contributed by atoms with van der Waals surface area (Å²) in [5.74, 6) is 0.626. The molecule has 1 saturated heterocycles. The van der Waals surface area contributed by atoms with E-state index in [1.807, 2.05) is 6.07 Å². The number of piperidine rings is 1. The summed E-state index contributed by atoms with van der Waals surface area (Å²) >= 11 is 7.11. The Bertz CT molecular complexity index is 654. The molecule has 0 radical (unpaired) electrons. The van der Waals surface area contributed by atoms with Crippen LogP contribution in [0.3, 0.4) is 0 Å². The number of halogens is 1. The van der Waals surface area contributed by atoms with Gasteiger partial charge in [-0.15, -0.1) is 11.3 Å². The number of carbonyl (C=O) groups is 1. The molecular weight excluding hydrogens is 320 g/mol. The van der Waals surface area contributed by atoms with Crippen molar-refractivity contribution < 1.29 is 4.79 Å². The Morgan fingerprint density at radius 1 is 1.27 bits per heavy atom. The van der Waals surface area contributed by atoms with Gasteiger partial charge in [-0.1, -0.05) is 11.6 Å². The average molecular weight is 337 g/mol. The van der Waals surface area contributed by atoms with Crippen LogP contribution in [0.4, 0.5) is 5.95 Å². The van der Waals surface area contributed by atoms with Crippen molar-refractivity contribution in [3.05, 3.63) is 39.3 Å². The fourth-order valence-corrected chi connectivity index (χ4v) is 3.38. The number of thiophene rings is 1. The first-order valence-corrected chi connectivity index (χ1v) is 8.52. The molecule has 7 heteroatoms. The molecule has 0 atom stereocenters. The quantitative estimate of drug-likeness (QED) is 0.932. The van der Waals surface area contributed by atoms with E-state index in [1.165, 1.54) is 30.6 Å². The van der Waals surface area contributed by atoms with E-state index in [9.17, 15) is 4.79 Å². The highest BCUT2D eigenvalue weighted by Gasteiger charge is 2.14. The lowest BCUT2D eigenvalue weighted by atomic mass is 10.1. The maximum atomic E-state index is 12.0. The fraction of sp³-hybridized carbons (Fsp3) is 0.400. The third kappa shape index (κ3) is 3.75. The molecule has 3 heterocycles. The van der Waals surface area contributed by atoms with Crippen LogP contribution in [0, 0.1) is 0 Å². The molecule has 0 aromatic carbocycles. The highest BCUT2D eigenvalue weighted by Crippen LogP contribution is 2.21. The molecule has 0 unspecified atom stereocenters. The Kier molecular flexibility index (Phi) is 4.90. The molecule has 2 aromatic rings. The molecule has 1 fully saturated rings. The molecule has 2 aromatic heterocycles. The van der Waals surface area contributed by atoms with Crippen molar-refractivity contribution >= 4 is 34.8 Å². The van der Waals surface area contributed by atoms with Gasteiger partial charge < -0.3 is 10.2 Å².